The van der Waals surface area contributed by atoms with Crippen molar-refractivity contribution in [1.82, 2.24) is 5.32 Å². The largest absolute Gasteiger partial charge is 0.358 e. The molecule has 0 atom stereocenters. The number of rotatable bonds is 3. The third-order valence-electron chi connectivity index (χ3n) is 2.81. The van der Waals surface area contributed by atoms with Crippen LogP contribution in [-0.2, 0) is 6.54 Å². The lowest BCUT2D eigenvalue weighted by molar-refractivity contribution is 0.382. The maximum absolute atomic E-state index is 13.5. The SMILES string of the molecule is Fc1ccc(CNC(=S)Nc2c(F)c(F)c(F)c(F)c2F)cc1. The number of nitrogens with one attached hydrogen (secondary N) is 2. The maximum Gasteiger partial charge on any atom is 0.200 e. The fraction of sp³-hybridized carbons (Fsp3) is 0.0714. The van der Waals surface area contributed by atoms with Crippen molar-refractivity contribution in [3.63, 3.8) is 0 Å². The van der Waals surface area contributed by atoms with Crippen LogP contribution in [0.25, 0.3) is 0 Å². The quantitative estimate of drug-likeness (QED) is 0.379. The van der Waals surface area contributed by atoms with Crippen molar-refractivity contribution in [2.24, 2.45) is 0 Å². The van der Waals surface area contributed by atoms with Gasteiger partial charge in [-0.3, -0.25) is 0 Å². The third-order valence-corrected chi connectivity index (χ3v) is 3.06. The second-order valence-electron chi connectivity index (χ2n) is 4.38. The Bertz CT molecular complexity index is 719. The summed E-state index contributed by atoms with van der Waals surface area (Å²) in [7, 11) is 0. The normalized spacial score (nSPS) is 10.5. The highest BCUT2D eigenvalue weighted by Gasteiger charge is 2.26. The highest BCUT2D eigenvalue weighted by molar-refractivity contribution is 7.80. The Balaban J connectivity index is 2.10. The van der Waals surface area contributed by atoms with Crippen molar-refractivity contribution in [3.05, 3.63) is 64.7 Å². The van der Waals surface area contributed by atoms with Gasteiger partial charge in [-0.05, 0) is 29.9 Å². The standard InChI is InChI=1S/C14H8F6N2S/c15-7-3-1-6(2-4-7)5-21-14(23)22-13-11(19)9(17)8(16)10(18)12(13)20/h1-4H,5H2,(H2,21,22,23). The second-order valence-corrected chi connectivity index (χ2v) is 4.79. The van der Waals surface area contributed by atoms with Crippen molar-refractivity contribution in [2.45, 2.75) is 6.54 Å². The molecule has 2 N–H and O–H groups in total. The monoisotopic (exact) mass is 350 g/mol. The Labute approximate surface area is 132 Å². The van der Waals surface area contributed by atoms with Crippen LogP contribution in [0, 0.1) is 34.9 Å². The van der Waals surface area contributed by atoms with Crippen molar-refractivity contribution in [2.75, 3.05) is 5.32 Å². The van der Waals surface area contributed by atoms with Gasteiger partial charge in [0.1, 0.15) is 11.5 Å². The lowest BCUT2D eigenvalue weighted by Gasteiger charge is -2.13. The fourth-order valence-electron chi connectivity index (χ4n) is 1.66. The molecular formula is C14H8F6N2S. The van der Waals surface area contributed by atoms with Crippen LogP contribution >= 0.6 is 12.2 Å². The molecule has 0 aliphatic heterocycles. The van der Waals surface area contributed by atoms with Crippen LogP contribution in [0.1, 0.15) is 5.56 Å². The van der Waals surface area contributed by atoms with Gasteiger partial charge in [-0.2, -0.15) is 0 Å². The molecule has 0 heterocycles. The average Bonchev–Trinajstić information content (AvgIpc) is 2.54. The maximum atomic E-state index is 13.5. The molecule has 0 aliphatic rings. The van der Waals surface area contributed by atoms with Crippen LogP contribution in [0.2, 0.25) is 0 Å². The average molecular weight is 350 g/mol. The second kappa shape index (κ2) is 6.86. The summed E-state index contributed by atoms with van der Waals surface area (Å²) in [5.41, 5.74) is -0.661. The van der Waals surface area contributed by atoms with Gasteiger partial charge >= 0.3 is 0 Å². The molecular weight excluding hydrogens is 342 g/mol. The van der Waals surface area contributed by atoms with Gasteiger partial charge in [0.2, 0.25) is 5.82 Å². The first-order valence-electron chi connectivity index (χ1n) is 6.12. The molecule has 0 spiro atoms. The molecule has 0 radical (unpaired) electrons. The first kappa shape index (κ1) is 17.1. The summed E-state index contributed by atoms with van der Waals surface area (Å²) in [6.45, 7) is 0.0571. The van der Waals surface area contributed by atoms with Crippen molar-refractivity contribution < 1.29 is 26.3 Å². The molecule has 0 unspecified atom stereocenters. The smallest absolute Gasteiger partial charge is 0.200 e. The van der Waals surface area contributed by atoms with E-state index in [1.165, 1.54) is 24.3 Å². The number of hydrogen-bond donors (Lipinski definition) is 2. The van der Waals surface area contributed by atoms with E-state index >= 15 is 0 Å². The van der Waals surface area contributed by atoms with Crippen molar-refractivity contribution >= 4 is 23.0 Å². The van der Waals surface area contributed by atoms with E-state index in [9.17, 15) is 26.3 Å². The van der Waals surface area contributed by atoms with Crippen LogP contribution in [0.5, 0.6) is 0 Å². The van der Waals surface area contributed by atoms with Gasteiger partial charge in [-0.25, -0.2) is 26.3 Å². The van der Waals surface area contributed by atoms with Crippen LogP contribution < -0.4 is 10.6 Å². The predicted molar refractivity (Wildman–Crippen MR) is 75.7 cm³/mol. The van der Waals surface area contributed by atoms with Gasteiger partial charge in [0, 0.05) is 6.54 Å². The summed E-state index contributed by atoms with van der Waals surface area (Å²) in [6, 6.07) is 5.25. The number of anilines is 1. The lowest BCUT2D eigenvalue weighted by atomic mass is 10.2. The first-order valence-corrected chi connectivity index (χ1v) is 6.52. The van der Waals surface area contributed by atoms with Crippen LogP contribution in [0.15, 0.2) is 24.3 Å². The predicted octanol–water partition coefficient (Wildman–Crippen LogP) is 4.01. The highest BCUT2D eigenvalue weighted by Crippen LogP contribution is 2.26. The van der Waals surface area contributed by atoms with E-state index in [2.05, 4.69) is 5.32 Å². The Morgan fingerprint density at radius 1 is 0.783 bits per heavy atom. The van der Waals surface area contributed by atoms with Gasteiger partial charge in [-0.1, -0.05) is 12.1 Å². The number of thiocarbonyl (C=S) groups is 1. The minimum absolute atomic E-state index is 0.0571. The zero-order valence-corrected chi connectivity index (χ0v) is 12.0. The third kappa shape index (κ3) is 3.73. The molecule has 0 saturated heterocycles. The molecule has 9 heteroatoms. The molecule has 0 bridgehead atoms. The molecule has 0 aliphatic carbocycles. The molecule has 2 aromatic rings. The lowest BCUT2D eigenvalue weighted by Crippen LogP contribution is -2.29. The molecule has 0 fully saturated rings. The molecule has 0 aromatic heterocycles. The Kier molecular flexibility index (Phi) is 5.09. The first-order chi connectivity index (χ1) is 10.8. The Hall–Kier alpha value is -2.29. The van der Waals surface area contributed by atoms with Gasteiger partial charge in [0.15, 0.2) is 28.4 Å². The van der Waals surface area contributed by atoms with E-state index in [1.54, 1.807) is 0 Å². The van der Waals surface area contributed by atoms with Crippen molar-refractivity contribution in [3.8, 4) is 0 Å². The fourth-order valence-corrected chi connectivity index (χ4v) is 1.83. The number of hydrogen-bond acceptors (Lipinski definition) is 1. The van der Waals surface area contributed by atoms with Crippen molar-refractivity contribution in [1.29, 1.82) is 0 Å². The highest BCUT2D eigenvalue weighted by atomic mass is 32.1. The molecule has 0 amide bonds. The van der Waals surface area contributed by atoms with Gasteiger partial charge in [0.05, 0.1) is 0 Å². The van der Waals surface area contributed by atoms with E-state index in [1.807, 2.05) is 5.32 Å². The van der Waals surface area contributed by atoms with E-state index in [0.717, 1.165) is 0 Å². The van der Waals surface area contributed by atoms with E-state index in [4.69, 9.17) is 12.2 Å². The molecule has 122 valence electrons. The molecule has 0 saturated carbocycles. The Morgan fingerprint density at radius 2 is 1.26 bits per heavy atom. The van der Waals surface area contributed by atoms with Crippen LogP contribution in [-0.4, -0.2) is 5.11 Å². The van der Waals surface area contributed by atoms with E-state index in [-0.39, 0.29) is 11.7 Å². The Morgan fingerprint density at radius 3 is 1.78 bits per heavy atom. The minimum atomic E-state index is -2.25. The zero-order valence-electron chi connectivity index (χ0n) is 11.2. The molecule has 2 nitrogen and oxygen atoms in total. The van der Waals surface area contributed by atoms with Gasteiger partial charge < -0.3 is 10.6 Å². The van der Waals surface area contributed by atoms with E-state index < -0.39 is 40.6 Å². The number of benzene rings is 2. The van der Waals surface area contributed by atoms with Crippen LogP contribution in [0.4, 0.5) is 32.0 Å². The van der Waals surface area contributed by atoms with E-state index in [0.29, 0.717) is 5.56 Å². The topological polar surface area (TPSA) is 24.1 Å². The van der Waals surface area contributed by atoms with Gasteiger partial charge in [-0.15, -0.1) is 0 Å². The molecule has 23 heavy (non-hydrogen) atoms. The molecule has 2 aromatic carbocycles. The van der Waals surface area contributed by atoms with Crippen LogP contribution in [0.3, 0.4) is 0 Å². The summed E-state index contributed by atoms with van der Waals surface area (Å²) >= 11 is 4.73. The summed E-state index contributed by atoms with van der Waals surface area (Å²) in [6.07, 6.45) is 0. The summed E-state index contributed by atoms with van der Waals surface area (Å²) in [5, 5.41) is 4.06. The molecule has 2 rings (SSSR count). The summed E-state index contributed by atoms with van der Waals surface area (Å²) in [5.74, 6) is -10.9. The summed E-state index contributed by atoms with van der Waals surface area (Å²) in [4.78, 5) is 0. The number of halogens is 6. The van der Waals surface area contributed by atoms with Gasteiger partial charge in [0.25, 0.3) is 0 Å². The minimum Gasteiger partial charge on any atom is -0.358 e. The summed E-state index contributed by atoms with van der Waals surface area (Å²) < 4.78 is 78.6. The zero-order chi connectivity index (χ0) is 17.1.